The van der Waals surface area contributed by atoms with E-state index in [0.29, 0.717) is 0 Å². The molecule has 1 aromatic rings. The van der Waals surface area contributed by atoms with Gasteiger partial charge in [0.2, 0.25) is 0 Å². The third kappa shape index (κ3) is 2.33. The van der Waals surface area contributed by atoms with Crippen LogP contribution in [0.15, 0.2) is 24.3 Å². The Kier molecular flexibility index (Phi) is 3.60. The molecule has 15 heavy (non-hydrogen) atoms. The molecular weight excluding hydrogens is 307 g/mol. The van der Waals surface area contributed by atoms with Crippen molar-refractivity contribution in [2.24, 2.45) is 0 Å². The SMILES string of the molecule is CC1O[C@@H](CO)[C@H](c2ccccc2I)O1. The molecule has 1 N–H and O–H groups in total. The molecule has 1 saturated heterocycles. The first-order valence-corrected chi connectivity index (χ1v) is 5.96. The number of halogens is 1. The highest BCUT2D eigenvalue weighted by molar-refractivity contribution is 14.1. The van der Waals surface area contributed by atoms with Crippen molar-refractivity contribution < 1.29 is 14.6 Å². The van der Waals surface area contributed by atoms with E-state index < -0.39 is 0 Å². The Morgan fingerprint density at radius 1 is 1.33 bits per heavy atom. The van der Waals surface area contributed by atoms with Gasteiger partial charge in [0.25, 0.3) is 0 Å². The molecule has 4 heteroatoms. The van der Waals surface area contributed by atoms with E-state index in [2.05, 4.69) is 22.6 Å². The van der Waals surface area contributed by atoms with Crippen molar-refractivity contribution in [3.8, 4) is 0 Å². The highest BCUT2D eigenvalue weighted by atomic mass is 127. The van der Waals surface area contributed by atoms with Crippen LogP contribution in [0, 0.1) is 3.57 Å². The molecule has 1 aromatic carbocycles. The Morgan fingerprint density at radius 2 is 2.07 bits per heavy atom. The highest BCUT2D eigenvalue weighted by Crippen LogP contribution is 2.34. The van der Waals surface area contributed by atoms with Crippen molar-refractivity contribution in [2.75, 3.05) is 6.61 Å². The monoisotopic (exact) mass is 320 g/mol. The minimum absolute atomic E-state index is 0.0139. The molecule has 0 aromatic heterocycles. The second-order valence-electron chi connectivity index (χ2n) is 3.50. The third-order valence-corrected chi connectivity index (χ3v) is 3.42. The van der Waals surface area contributed by atoms with Crippen LogP contribution >= 0.6 is 22.6 Å². The smallest absolute Gasteiger partial charge is 0.156 e. The minimum atomic E-state index is -0.254. The van der Waals surface area contributed by atoms with Gasteiger partial charge in [-0.15, -0.1) is 0 Å². The predicted octanol–water partition coefficient (Wildman–Crippen LogP) is 2.09. The van der Waals surface area contributed by atoms with Gasteiger partial charge in [-0.1, -0.05) is 18.2 Å². The number of hydrogen-bond acceptors (Lipinski definition) is 3. The first-order valence-electron chi connectivity index (χ1n) is 4.88. The van der Waals surface area contributed by atoms with Gasteiger partial charge >= 0.3 is 0 Å². The van der Waals surface area contributed by atoms with E-state index >= 15 is 0 Å². The topological polar surface area (TPSA) is 38.7 Å². The summed E-state index contributed by atoms with van der Waals surface area (Å²) in [5, 5.41) is 9.20. The van der Waals surface area contributed by atoms with E-state index in [1.807, 2.05) is 31.2 Å². The van der Waals surface area contributed by atoms with Gasteiger partial charge in [-0.3, -0.25) is 0 Å². The van der Waals surface area contributed by atoms with Gasteiger partial charge in [0.15, 0.2) is 6.29 Å². The summed E-state index contributed by atoms with van der Waals surface area (Å²) >= 11 is 2.27. The highest BCUT2D eigenvalue weighted by Gasteiger charge is 2.35. The van der Waals surface area contributed by atoms with Crippen molar-refractivity contribution in [2.45, 2.75) is 25.4 Å². The van der Waals surface area contributed by atoms with Crippen LogP contribution in [0.4, 0.5) is 0 Å². The normalized spacial score (nSPS) is 30.7. The van der Waals surface area contributed by atoms with Crippen LogP contribution < -0.4 is 0 Å². The lowest BCUT2D eigenvalue weighted by Gasteiger charge is -2.16. The summed E-state index contributed by atoms with van der Waals surface area (Å²) in [6, 6.07) is 7.99. The summed E-state index contributed by atoms with van der Waals surface area (Å²) < 4.78 is 12.2. The second-order valence-corrected chi connectivity index (χ2v) is 4.67. The van der Waals surface area contributed by atoms with Gasteiger partial charge < -0.3 is 14.6 Å². The molecule has 0 saturated carbocycles. The van der Waals surface area contributed by atoms with Crippen LogP contribution in [-0.2, 0) is 9.47 Å². The van der Waals surface area contributed by atoms with Gasteiger partial charge in [0, 0.05) is 3.57 Å². The molecule has 82 valence electrons. The number of aliphatic hydroxyl groups is 1. The number of benzene rings is 1. The quantitative estimate of drug-likeness (QED) is 0.848. The molecule has 0 amide bonds. The second kappa shape index (κ2) is 4.78. The van der Waals surface area contributed by atoms with E-state index in [0.717, 1.165) is 9.13 Å². The molecule has 1 unspecified atom stereocenters. The lowest BCUT2D eigenvalue weighted by molar-refractivity contribution is -0.0564. The van der Waals surface area contributed by atoms with Crippen LogP contribution in [0.3, 0.4) is 0 Å². The number of hydrogen-bond donors (Lipinski definition) is 1. The fraction of sp³-hybridized carbons (Fsp3) is 0.455. The Bertz CT molecular complexity index is 342. The first-order chi connectivity index (χ1) is 7.22. The maximum atomic E-state index is 9.20. The molecule has 3 nitrogen and oxygen atoms in total. The molecule has 2 rings (SSSR count). The maximum absolute atomic E-state index is 9.20. The van der Waals surface area contributed by atoms with Crippen molar-refractivity contribution in [3.63, 3.8) is 0 Å². The molecule has 3 atom stereocenters. The molecule has 0 radical (unpaired) electrons. The lowest BCUT2D eigenvalue weighted by Crippen LogP contribution is -2.20. The lowest BCUT2D eigenvalue weighted by atomic mass is 10.1. The van der Waals surface area contributed by atoms with Crippen molar-refractivity contribution >= 4 is 22.6 Å². The van der Waals surface area contributed by atoms with Gasteiger partial charge in [0.1, 0.15) is 12.2 Å². The Balaban J connectivity index is 2.26. The van der Waals surface area contributed by atoms with Crippen molar-refractivity contribution in [1.82, 2.24) is 0 Å². The summed E-state index contributed by atoms with van der Waals surface area (Å²) in [6.07, 6.45) is -0.655. The zero-order chi connectivity index (χ0) is 10.8. The third-order valence-electron chi connectivity index (χ3n) is 2.43. The number of aliphatic hydroxyl groups excluding tert-OH is 1. The van der Waals surface area contributed by atoms with Gasteiger partial charge in [0.05, 0.1) is 6.61 Å². The van der Waals surface area contributed by atoms with Crippen LogP contribution in [0.25, 0.3) is 0 Å². The Hall–Kier alpha value is -0.170. The van der Waals surface area contributed by atoms with E-state index in [1.165, 1.54) is 0 Å². The van der Waals surface area contributed by atoms with E-state index in [-0.39, 0.29) is 25.1 Å². The fourth-order valence-corrected chi connectivity index (χ4v) is 2.46. The van der Waals surface area contributed by atoms with Crippen molar-refractivity contribution in [3.05, 3.63) is 33.4 Å². The van der Waals surface area contributed by atoms with E-state index in [1.54, 1.807) is 0 Å². The minimum Gasteiger partial charge on any atom is -0.394 e. The van der Waals surface area contributed by atoms with Crippen LogP contribution in [-0.4, -0.2) is 24.1 Å². The van der Waals surface area contributed by atoms with Crippen molar-refractivity contribution in [1.29, 1.82) is 0 Å². The summed E-state index contributed by atoms with van der Waals surface area (Å²) in [4.78, 5) is 0. The largest absolute Gasteiger partial charge is 0.394 e. The summed E-state index contributed by atoms with van der Waals surface area (Å²) in [7, 11) is 0. The predicted molar refractivity (Wildman–Crippen MR) is 64.4 cm³/mol. The molecule has 1 aliphatic rings. The van der Waals surface area contributed by atoms with Gasteiger partial charge in [-0.25, -0.2) is 0 Å². The zero-order valence-corrected chi connectivity index (χ0v) is 10.5. The van der Waals surface area contributed by atoms with Gasteiger partial charge in [-0.2, -0.15) is 0 Å². The Morgan fingerprint density at radius 3 is 2.73 bits per heavy atom. The first kappa shape index (κ1) is 11.3. The summed E-state index contributed by atoms with van der Waals surface area (Å²) in [5.74, 6) is 0. The van der Waals surface area contributed by atoms with E-state index in [9.17, 15) is 5.11 Å². The average Bonchev–Trinajstić information content (AvgIpc) is 2.60. The molecule has 0 aliphatic carbocycles. The van der Waals surface area contributed by atoms with Crippen LogP contribution in [0.1, 0.15) is 18.6 Å². The van der Waals surface area contributed by atoms with E-state index in [4.69, 9.17) is 9.47 Å². The molecule has 1 fully saturated rings. The molecule has 1 aliphatic heterocycles. The maximum Gasteiger partial charge on any atom is 0.156 e. The summed E-state index contributed by atoms with van der Waals surface area (Å²) in [5.41, 5.74) is 1.08. The Labute approximate surface area is 103 Å². The van der Waals surface area contributed by atoms with Gasteiger partial charge in [-0.05, 0) is 41.1 Å². The standard InChI is InChI=1S/C11H13IO3/c1-7-14-10(6-13)11(15-7)8-4-2-3-5-9(8)12/h2-5,7,10-11,13H,6H2,1H3/t7?,10-,11-/m0/s1. The fourth-order valence-electron chi connectivity index (χ4n) is 1.76. The molecule has 1 heterocycles. The molecule has 0 spiro atoms. The number of ether oxygens (including phenoxy) is 2. The van der Waals surface area contributed by atoms with Crippen LogP contribution in [0.5, 0.6) is 0 Å². The molecule has 0 bridgehead atoms. The average molecular weight is 320 g/mol. The van der Waals surface area contributed by atoms with Crippen LogP contribution in [0.2, 0.25) is 0 Å². The summed E-state index contributed by atoms with van der Waals surface area (Å²) in [6.45, 7) is 1.83. The molecular formula is C11H13IO3. The zero-order valence-electron chi connectivity index (χ0n) is 8.39. The number of rotatable bonds is 2.